The van der Waals surface area contributed by atoms with Gasteiger partial charge >= 0.3 is 5.97 Å². The van der Waals surface area contributed by atoms with Gasteiger partial charge in [-0.25, -0.2) is 0 Å². The molecular weight excluding hydrogens is 460 g/mol. The summed E-state index contributed by atoms with van der Waals surface area (Å²) in [7, 11) is 0. The molecule has 7 heteroatoms. The fourth-order valence-electron chi connectivity index (χ4n) is 7.69. The van der Waals surface area contributed by atoms with Crippen LogP contribution in [0.3, 0.4) is 0 Å². The molecule has 36 heavy (non-hydrogen) atoms. The summed E-state index contributed by atoms with van der Waals surface area (Å²) in [6.45, 7) is 3.34. The van der Waals surface area contributed by atoms with Gasteiger partial charge in [-0.05, 0) is 61.7 Å². The summed E-state index contributed by atoms with van der Waals surface area (Å²) in [5.41, 5.74) is -0.699. The number of aliphatic hydroxyl groups is 3. The lowest BCUT2D eigenvalue weighted by Crippen LogP contribution is -2.61. The molecule has 0 bridgehead atoms. The predicted molar refractivity (Wildman–Crippen MR) is 133 cm³/mol. The van der Waals surface area contributed by atoms with Crippen molar-refractivity contribution >= 4 is 17.5 Å². The molecule has 0 amide bonds. The number of carboxylic acids is 1. The van der Waals surface area contributed by atoms with E-state index < -0.39 is 35.5 Å². The highest BCUT2D eigenvalue weighted by Crippen LogP contribution is 2.67. The van der Waals surface area contributed by atoms with Gasteiger partial charge in [-0.2, -0.15) is 0 Å². The number of carboxylic acid groups (broad SMARTS) is 1. The average molecular weight is 497 g/mol. The highest BCUT2D eigenvalue weighted by molar-refractivity contribution is 6.01. The SMILES string of the molecule is C[C@]12C=CC(=O)C=C1CC[C@@H]1[C@@H]2[C@@H](O)C[C@@]2(C)[C@H]1CC[C@]2(O)C(=O)CO.O=C(O)Cc1ccccc1. The molecule has 0 aliphatic heterocycles. The van der Waals surface area contributed by atoms with E-state index in [0.29, 0.717) is 12.8 Å². The molecule has 0 radical (unpaired) electrons. The number of aliphatic carboxylic acids is 1. The van der Waals surface area contributed by atoms with E-state index in [1.807, 2.05) is 31.2 Å². The van der Waals surface area contributed by atoms with Gasteiger partial charge in [-0.1, -0.05) is 55.8 Å². The van der Waals surface area contributed by atoms with Crippen molar-refractivity contribution in [2.24, 2.45) is 28.6 Å². The van der Waals surface area contributed by atoms with Gasteiger partial charge in [0.2, 0.25) is 0 Å². The molecule has 3 saturated carbocycles. The first-order valence-electron chi connectivity index (χ1n) is 12.7. The van der Waals surface area contributed by atoms with Gasteiger partial charge in [0.05, 0.1) is 12.5 Å². The highest BCUT2D eigenvalue weighted by Gasteiger charge is 2.67. The van der Waals surface area contributed by atoms with Gasteiger partial charge in [-0.15, -0.1) is 0 Å². The molecule has 0 spiro atoms. The molecule has 0 heterocycles. The zero-order chi connectivity index (χ0) is 26.3. The molecule has 0 aromatic heterocycles. The fourth-order valence-corrected chi connectivity index (χ4v) is 7.69. The maximum atomic E-state index is 12.4. The zero-order valence-corrected chi connectivity index (χ0v) is 20.9. The Balaban J connectivity index is 0.000000256. The van der Waals surface area contributed by atoms with E-state index in [9.17, 15) is 29.7 Å². The van der Waals surface area contributed by atoms with Crippen LogP contribution in [0, 0.1) is 28.6 Å². The third kappa shape index (κ3) is 4.27. The van der Waals surface area contributed by atoms with Gasteiger partial charge < -0.3 is 20.4 Å². The zero-order valence-electron chi connectivity index (χ0n) is 20.9. The number of hydrogen-bond acceptors (Lipinski definition) is 6. The summed E-state index contributed by atoms with van der Waals surface area (Å²) in [5.74, 6) is -1.01. The molecule has 5 rings (SSSR count). The summed E-state index contributed by atoms with van der Waals surface area (Å²) in [6.07, 6.45) is 7.79. The molecule has 4 aliphatic rings. The Labute approximate surface area is 211 Å². The number of allylic oxidation sites excluding steroid dienone is 4. The van der Waals surface area contributed by atoms with Gasteiger partial charge in [0.15, 0.2) is 11.6 Å². The lowest BCUT2D eigenvalue weighted by molar-refractivity contribution is -0.178. The lowest BCUT2D eigenvalue weighted by atomic mass is 9.46. The smallest absolute Gasteiger partial charge is 0.307 e. The quantitative estimate of drug-likeness (QED) is 0.504. The number of Topliss-reactive ketones (excluding diaryl/α,β-unsaturated/α-hetero) is 1. The third-order valence-corrected chi connectivity index (χ3v) is 9.45. The van der Waals surface area contributed by atoms with Crippen LogP contribution in [0.5, 0.6) is 0 Å². The molecule has 4 N–H and O–H groups in total. The van der Waals surface area contributed by atoms with Crippen molar-refractivity contribution in [3.05, 3.63) is 59.7 Å². The molecule has 1 aromatic carbocycles. The Morgan fingerprint density at radius 3 is 2.44 bits per heavy atom. The first kappa shape index (κ1) is 26.5. The Kier molecular flexibility index (Phi) is 7.12. The van der Waals surface area contributed by atoms with Crippen LogP contribution < -0.4 is 0 Å². The van der Waals surface area contributed by atoms with Crippen LogP contribution in [0.1, 0.15) is 51.5 Å². The minimum Gasteiger partial charge on any atom is -0.481 e. The van der Waals surface area contributed by atoms with Crippen molar-refractivity contribution in [1.29, 1.82) is 0 Å². The molecule has 7 nitrogen and oxygen atoms in total. The van der Waals surface area contributed by atoms with Crippen molar-refractivity contribution in [3.63, 3.8) is 0 Å². The monoisotopic (exact) mass is 496 g/mol. The average Bonchev–Trinajstić information content (AvgIpc) is 3.10. The summed E-state index contributed by atoms with van der Waals surface area (Å²) in [4.78, 5) is 34.3. The summed E-state index contributed by atoms with van der Waals surface area (Å²) < 4.78 is 0. The van der Waals surface area contributed by atoms with E-state index in [1.54, 1.807) is 24.3 Å². The maximum absolute atomic E-state index is 12.4. The molecule has 3 fully saturated rings. The van der Waals surface area contributed by atoms with Gasteiger partial charge in [0.25, 0.3) is 0 Å². The minimum absolute atomic E-state index is 0.00912. The van der Waals surface area contributed by atoms with Crippen molar-refractivity contribution in [2.45, 2.75) is 64.1 Å². The van der Waals surface area contributed by atoms with E-state index in [4.69, 9.17) is 5.11 Å². The third-order valence-electron chi connectivity index (χ3n) is 9.45. The summed E-state index contributed by atoms with van der Waals surface area (Å²) in [5, 5.41) is 40.0. The van der Waals surface area contributed by atoms with E-state index >= 15 is 0 Å². The summed E-state index contributed by atoms with van der Waals surface area (Å²) in [6, 6.07) is 9.13. The Hall–Kier alpha value is -2.61. The largest absolute Gasteiger partial charge is 0.481 e. The number of fused-ring (bicyclic) bond motifs is 5. The standard InChI is InChI=1S/C21H28O5.C8H8O2/c1-19-7-5-13(23)9-12(19)3-4-14-15-6-8-21(26,17(25)11-22)20(15,2)10-16(24)18(14)19;9-8(10)6-7-4-2-1-3-5-7/h5,7,9,14-16,18,22,24,26H,3-4,6,8,10-11H2,1-2H3;1-5H,6H2,(H,9,10)/t14-,15-,16-,18+,19-,20-,21-;/m0./s1. The number of hydrogen-bond donors (Lipinski definition) is 4. The van der Waals surface area contributed by atoms with Crippen LogP contribution in [-0.4, -0.2) is 56.3 Å². The Bertz CT molecular complexity index is 1090. The highest BCUT2D eigenvalue weighted by atomic mass is 16.4. The Morgan fingerprint density at radius 2 is 1.81 bits per heavy atom. The van der Waals surface area contributed by atoms with Crippen LogP contribution in [0.4, 0.5) is 0 Å². The number of benzene rings is 1. The number of aliphatic hydroxyl groups excluding tert-OH is 2. The normalized spacial score (nSPS) is 38.6. The molecule has 194 valence electrons. The molecule has 0 unspecified atom stereocenters. The number of carbonyl (C=O) groups is 3. The van der Waals surface area contributed by atoms with E-state index in [1.165, 1.54) is 0 Å². The number of ketones is 2. The van der Waals surface area contributed by atoms with Crippen LogP contribution in [0.2, 0.25) is 0 Å². The van der Waals surface area contributed by atoms with E-state index in [0.717, 1.165) is 30.4 Å². The second kappa shape index (κ2) is 9.69. The topological polar surface area (TPSA) is 132 Å². The molecule has 7 atom stereocenters. The van der Waals surface area contributed by atoms with E-state index in [-0.39, 0.29) is 35.4 Å². The Morgan fingerprint density at radius 1 is 1.11 bits per heavy atom. The van der Waals surface area contributed by atoms with Crippen molar-refractivity contribution in [2.75, 3.05) is 6.61 Å². The second-order valence-electron chi connectivity index (χ2n) is 11.2. The summed E-state index contributed by atoms with van der Waals surface area (Å²) >= 11 is 0. The van der Waals surface area contributed by atoms with Crippen LogP contribution >= 0.6 is 0 Å². The van der Waals surface area contributed by atoms with Crippen molar-refractivity contribution in [1.82, 2.24) is 0 Å². The van der Waals surface area contributed by atoms with Gasteiger partial charge in [0, 0.05) is 16.7 Å². The van der Waals surface area contributed by atoms with E-state index in [2.05, 4.69) is 6.92 Å². The van der Waals surface area contributed by atoms with Crippen LogP contribution in [-0.2, 0) is 20.8 Å². The van der Waals surface area contributed by atoms with Crippen molar-refractivity contribution in [3.8, 4) is 0 Å². The minimum atomic E-state index is -1.56. The number of carbonyl (C=O) groups excluding carboxylic acids is 2. The fraction of sp³-hybridized carbons (Fsp3) is 0.552. The molecule has 0 saturated heterocycles. The van der Waals surface area contributed by atoms with Crippen molar-refractivity contribution < 1.29 is 34.8 Å². The first-order chi connectivity index (χ1) is 17.0. The van der Waals surface area contributed by atoms with Crippen LogP contribution in [0.25, 0.3) is 0 Å². The number of rotatable bonds is 4. The first-order valence-corrected chi connectivity index (χ1v) is 12.7. The predicted octanol–water partition coefficient (Wildman–Crippen LogP) is 2.87. The second-order valence-corrected chi connectivity index (χ2v) is 11.2. The molecule has 1 aromatic rings. The molecular formula is C29H36O7. The lowest BCUT2D eigenvalue weighted by Gasteiger charge is -2.59. The van der Waals surface area contributed by atoms with Gasteiger partial charge in [0.1, 0.15) is 12.2 Å². The van der Waals surface area contributed by atoms with Crippen LogP contribution in [0.15, 0.2) is 54.1 Å². The maximum Gasteiger partial charge on any atom is 0.307 e. The molecule has 4 aliphatic carbocycles. The van der Waals surface area contributed by atoms with Gasteiger partial charge in [-0.3, -0.25) is 14.4 Å².